The number of anilines is 4. The maximum atomic E-state index is 15.0. The van der Waals surface area contributed by atoms with Gasteiger partial charge in [-0.25, -0.2) is 9.37 Å². The third-order valence-corrected chi connectivity index (χ3v) is 9.41. The zero-order valence-electron chi connectivity index (χ0n) is 22.9. The van der Waals surface area contributed by atoms with E-state index in [0.29, 0.717) is 35.0 Å². The summed E-state index contributed by atoms with van der Waals surface area (Å²) in [5.41, 5.74) is 1.85. The van der Waals surface area contributed by atoms with Crippen molar-refractivity contribution in [2.24, 2.45) is 23.2 Å². The minimum Gasteiger partial charge on any atom is -0.367 e. The second kappa shape index (κ2) is 9.42. The number of likely N-dealkylation sites (N-methyl/N-ethyl adjacent to an activating group) is 1. The fourth-order valence-electron chi connectivity index (χ4n) is 6.84. The van der Waals surface area contributed by atoms with Gasteiger partial charge in [-0.15, -0.1) is 0 Å². The number of carbonyl (C=O) groups is 1. The fraction of sp³-hybridized carbons (Fsp3) is 0.607. The number of hydrogen-bond donors (Lipinski definition) is 3. The first-order valence-electron chi connectivity index (χ1n) is 13.4. The number of halogens is 1. The minimum atomic E-state index is -0.439. The first-order valence-corrected chi connectivity index (χ1v) is 13.4. The third-order valence-electron chi connectivity index (χ3n) is 9.41. The molecular weight excluding hydrogens is 469 g/mol. The Kier molecular flexibility index (Phi) is 6.54. The van der Waals surface area contributed by atoms with E-state index in [4.69, 9.17) is 4.98 Å². The van der Waals surface area contributed by atoms with Gasteiger partial charge in [0.05, 0.1) is 17.1 Å². The predicted molar refractivity (Wildman–Crippen MR) is 146 cm³/mol. The highest BCUT2D eigenvalue weighted by Crippen LogP contribution is 2.65. The number of rotatable bonds is 6. The van der Waals surface area contributed by atoms with E-state index in [9.17, 15) is 4.79 Å². The van der Waals surface area contributed by atoms with Crippen LogP contribution < -0.4 is 20.9 Å². The highest BCUT2D eigenvalue weighted by Gasteiger charge is 2.64. The highest BCUT2D eigenvalue weighted by atomic mass is 19.1. The summed E-state index contributed by atoms with van der Waals surface area (Å²) < 4.78 is 15.0. The molecule has 9 heteroatoms. The van der Waals surface area contributed by atoms with Gasteiger partial charge in [0, 0.05) is 50.7 Å². The Labute approximate surface area is 219 Å². The van der Waals surface area contributed by atoms with Crippen molar-refractivity contribution in [1.29, 1.82) is 0 Å². The summed E-state index contributed by atoms with van der Waals surface area (Å²) in [5.74, 6) is 1.67. The second-order valence-corrected chi connectivity index (χ2v) is 11.9. The number of hydrogen-bond acceptors (Lipinski definition) is 7. The number of benzene rings is 1. The Morgan fingerprint density at radius 2 is 1.86 bits per heavy atom. The Balaban J connectivity index is 1.36. The summed E-state index contributed by atoms with van der Waals surface area (Å²) >= 11 is 0. The number of aromatic nitrogens is 2. The van der Waals surface area contributed by atoms with E-state index >= 15 is 4.39 Å². The van der Waals surface area contributed by atoms with Crippen LogP contribution in [0, 0.1) is 35.9 Å². The molecule has 2 heterocycles. The molecule has 4 atom stereocenters. The number of piperazine rings is 1. The van der Waals surface area contributed by atoms with Gasteiger partial charge in [-0.3, -0.25) is 4.79 Å². The zero-order chi connectivity index (χ0) is 26.5. The lowest BCUT2D eigenvalue weighted by molar-refractivity contribution is -0.155. The molecule has 0 unspecified atom stereocenters. The number of fused-ring (bicyclic) bond motifs is 2. The van der Waals surface area contributed by atoms with Crippen LogP contribution in [-0.4, -0.2) is 66.6 Å². The van der Waals surface area contributed by atoms with Crippen molar-refractivity contribution in [2.45, 2.75) is 46.1 Å². The van der Waals surface area contributed by atoms with Crippen LogP contribution >= 0.6 is 0 Å². The maximum Gasteiger partial charge on any atom is 0.229 e. The lowest BCUT2D eigenvalue weighted by atomic mass is 9.40. The molecular formula is C28H40FN7O. The van der Waals surface area contributed by atoms with Crippen molar-refractivity contribution in [1.82, 2.24) is 20.2 Å². The molecule has 1 aromatic carbocycles. The van der Waals surface area contributed by atoms with Crippen LogP contribution in [0.3, 0.4) is 0 Å². The average molecular weight is 510 g/mol. The van der Waals surface area contributed by atoms with E-state index < -0.39 is 5.54 Å². The summed E-state index contributed by atoms with van der Waals surface area (Å²) in [6, 6.07) is 5.20. The van der Waals surface area contributed by atoms with Crippen LogP contribution in [0.1, 0.15) is 39.2 Å². The van der Waals surface area contributed by atoms with Crippen LogP contribution in [0.5, 0.6) is 0 Å². The molecule has 1 saturated heterocycles. The largest absolute Gasteiger partial charge is 0.367 e. The molecule has 8 nitrogen and oxygen atoms in total. The molecule has 4 aliphatic rings. The van der Waals surface area contributed by atoms with Crippen molar-refractivity contribution in [3.8, 4) is 0 Å². The van der Waals surface area contributed by atoms with Crippen LogP contribution in [-0.2, 0) is 4.79 Å². The van der Waals surface area contributed by atoms with Gasteiger partial charge in [0.2, 0.25) is 11.9 Å². The van der Waals surface area contributed by atoms with Crippen LogP contribution in [0.25, 0.3) is 0 Å². The molecule has 1 amide bonds. The fourth-order valence-corrected chi connectivity index (χ4v) is 6.84. The van der Waals surface area contributed by atoms with Crippen LogP contribution in [0.2, 0.25) is 0 Å². The smallest absolute Gasteiger partial charge is 0.229 e. The molecule has 2 bridgehead atoms. The quantitative estimate of drug-likeness (QED) is 0.542. The van der Waals surface area contributed by atoms with Crippen LogP contribution in [0.15, 0.2) is 24.4 Å². The van der Waals surface area contributed by atoms with Gasteiger partial charge >= 0.3 is 0 Å². The number of carbonyl (C=O) groups excluding carboxylic acids is 1. The summed E-state index contributed by atoms with van der Waals surface area (Å²) in [5, 5.41) is 9.74. The maximum absolute atomic E-state index is 15.0. The van der Waals surface area contributed by atoms with E-state index in [2.05, 4.69) is 58.6 Å². The number of nitrogens with zero attached hydrogens (tertiary/aromatic N) is 4. The summed E-state index contributed by atoms with van der Waals surface area (Å²) in [6.07, 6.45) is 3.74. The van der Waals surface area contributed by atoms with Gasteiger partial charge in [-0.2, -0.15) is 4.98 Å². The Morgan fingerprint density at radius 1 is 1.14 bits per heavy atom. The standard InChI is InChI=1S/C28H40FN7O/c1-17-16-31-26(32-19-7-8-22(21(29)15-19)36-11-9-35(6)10-12-36)33-24(17)34-28(4)20(25(37)30-5)13-18-14-23(28)27(18,2)3/h7-8,15-16,18,20,23H,9-14H2,1-6H3,(H,30,37)(H2,31,32,33,34)/t18-,20-,23-,28+/m1/s1. The van der Waals surface area contributed by atoms with Crippen LogP contribution in [0.4, 0.5) is 27.5 Å². The second-order valence-electron chi connectivity index (χ2n) is 11.9. The first kappa shape index (κ1) is 25.7. The Morgan fingerprint density at radius 3 is 2.51 bits per heavy atom. The van der Waals surface area contributed by atoms with Gasteiger partial charge < -0.3 is 25.8 Å². The zero-order valence-corrected chi connectivity index (χ0v) is 22.9. The van der Waals surface area contributed by atoms with Gasteiger partial charge in [0.1, 0.15) is 11.6 Å². The summed E-state index contributed by atoms with van der Waals surface area (Å²) in [4.78, 5) is 26.5. The summed E-state index contributed by atoms with van der Waals surface area (Å²) in [7, 11) is 3.79. The number of aryl methyl sites for hydroxylation is 1. The van der Waals surface area contributed by atoms with E-state index in [-0.39, 0.29) is 23.1 Å². The molecule has 6 rings (SSSR count). The van der Waals surface area contributed by atoms with Crippen molar-refractivity contribution in [3.05, 3.63) is 35.8 Å². The predicted octanol–water partition coefficient (Wildman–Crippen LogP) is 4.02. The molecule has 0 spiro atoms. The molecule has 200 valence electrons. The van der Waals surface area contributed by atoms with Crippen molar-refractivity contribution >= 4 is 29.0 Å². The first-order chi connectivity index (χ1) is 17.5. The molecule has 4 fully saturated rings. The SMILES string of the molecule is CNC(=O)[C@H]1C[C@@H]2C[C@H](C2(C)C)[C@@]1(C)Nc1nc(Nc2ccc(N3CCN(C)CC3)c(F)c2)ncc1C. The van der Waals surface area contributed by atoms with E-state index in [1.165, 1.54) is 6.07 Å². The lowest BCUT2D eigenvalue weighted by Crippen LogP contribution is -2.69. The van der Waals surface area contributed by atoms with Gasteiger partial charge in [-0.05, 0) is 69.2 Å². The Bertz CT molecular complexity index is 1180. The average Bonchev–Trinajstić information content (AvgIpc) is 2.86. The molecule has 3 N–H and O–H groups in total. The van der Waals surface area contributed by atoms with Gasteiger partial charge in [0.25, 0.3) is 0 Å². The van der Waals surface area contributed by atoms with Crippen molar-refractivity contribution in [3.63, 3.8) is 0 Å². The molecule has 37 heavy (non-hydrogen) atoms. The normalized spacial score (nSPS) is 28.8. The molecule has 1 aliphatic heterocycles. The molecule has 1 aromatic heterocycles. The number of nitrogens with one attached hydrogen (secondary N) is 3. The van der Waals surface area contributed by atoms with E-state index in [1.54, 1.807) is 13.2 Å². The van der Waals surface area contributed by atoms with E-state index in [1.807, 2.05) is 19.1 Å². The third kappa shape index (κ3) is 4.51. The Hall–Kier alpha value is -2.94. The van der Waals surface area contributed by atoms with Crippen molar-refractivity contribution < 1.29 is 9.18 Å². The lowest BCUT2D eigenvalue weighted by Gasteiger charge is -2.66. The van der Waals surface area contributed by atoms with Gasteiger partial charge in [0.15, 0.2) is 0 Å². The van der Waals surface area contributed by atoms with E-state index in [0.717, 1.165) is 44.6 Å². The number of amides is 1. The topological polar surface area (TPSA) is 85.4 Å². The monoisotopic (exact) mass is 509 g/mol. The minimum absolute atomic E-state index is 0.0705. The molecule has 0 radical (unpaired) electrons. The highest BCUT2D eigenvalue weighted by molar-refractivity contribution is 5.81. The molecule has 3 saturated carbocycles. The molecule has 3 aliphatic carbocycles. The van der Waals surface area contributed by atoms with Crippen molar-refractivity contribution in [2.75, 3.05) is 55.8 Å². The summed E-state index contributed by atoms with van der Waals surface area (Å²) in [6.45, 7) is 12.2. The molecule has 2 aromatic rings. The van der Waals surface area contributed by atoms with Gasteiger partial charge in [-0.1, -0.05) is 13.8 Å².